The van der Waals surface area contributed by atoms with Gasteiger partial charge in [0, 0.05) is 13.1 Å². The minimum Gasteiger partial charge on any atom is -0.341 e. The molecule has 1 aliphatic rings. The van der Waals surface area contributed by atoms with Crippen molar-refractivity contribution in [3.05, 3.63) is 30.1 Å². The zero-order valence-electron chi connectivity index (χ0n) is 17.0. The average molecular weight is 371 g/mol. The number of fused-ring (bicyclic) bond motifs is 1. The second-order valence-corrected chi connectivity index (χ2v) is 7.67. The van der Waals surface area contributed by atoms with Crippen LogP contribution in [0.1, 0.15) is 58.2 Å². The van der Waals surface area contributed by atoms with Crippen LogP contribution in [0.3, 0.4) is 0 Å². The molecule has 148 valence electrons. The lowest BCUT2D eigenvalue weighted by Crippen LogP contribution is -2.36. The van der Waals surface area contributed by atoms with Crippen molar-refractivity contribution >= 4 is 16.9 Å². The average Bonchev–Trinajstić information content (AvgIpc) is 2.83. The fraction of sp³-hybridized carbons (Fsp3) is 0.636. The number of hydrogen-bond donors (Lipinski definition) is 0. The van der Waals surface area contributed by atoms with Gasteiger partial charge in [-0.15, -0.1) is 0 Å². The Balaban J connectivity index is 1.84. The van der Waals surface area contributed by atoms with Crippen LogP contribution in [0.25, 0.3) is 11.0 Å². The summed E-state index contributed by atoms with van der Waals surface area (Å²) in [6, 6.07) is 8.21. The molecule has 3 rings (SSSR count). The van der Waals surface area contributed by atoms with E-state index in [1.165, 1.54) is 25.7 Å². The first kappa shape index (κ1) is 19.9. The van der Waals surface area contributed by atoms with Crippen LogP contribution in [0, 0.1) is 0 Å². The Morgan fingerprint density at radius 3 is 2.37 bits per heavy atom. The van der Waals surface area contributed by atoms with Crippen LogP contribution < -0.4 is 0 Å². The number of aromatic nitrogens is 2. The monoisotopic (exact) mass is 370 g/mol. The number of hydrogen-bond acceptors (Lipinski definition) is 3. The predicted molar refractivity (Wildman–Crippen MR) is 111 cm³/mol. The molecule has 5 heteroatoms. The Morgan fingerprint density at radius 1 is 1.04 bits per heavy atom. The summed E-state index contributed by atoms with van der Waals surface area (Å²) in [5.41, 5.74) is 2.07. The lowest BCUT2D eigenvalue weighted by molar-refractivity contribution is -0.131. The maximum atomic E-state index is 13.0. The molecule has 1 aromatic heterocycles. The maximum Gasteiger partial charge on any atom is 0.242 e. The smallest absolute Gasteiger partial charge is 0.242 e. The molecule has 1 amide bonds. The molecule has 5 nitrogen and oxygen atoms in total. The van der Waals surface area contributed by atoms with Crippen molar-refractivity contribution in [2.75, 3.05) is 26.2 Å². The van der Waals surface area contributed by atoms with Gasteiger partial charge < -0.3 is 9.47 Å². The Bertz CT molecular complexity index is 725. The fourth-order valence-corrected chi connectivity index (χ4v) is 4.05. The molecule has 27 heavy (non-hydrogen) atoms. The van der Waals surface area contributed by atoms with E-state index in [-0.39, 0.29) is 5.91 Å². The standard InChI is InChI=1S/C22H34N4O/c1-3-13-25(14-4-2)22(27)18-26-20-12-8-7-11-19(20)23-21(26)17-24-15-9-5-6-10-16-24/h7-8,11-12H,3-6,9-10,13-18H2,1-2H3. The molecule has 1 aromatic carbocycles. The largest absolute Gasteiger partial charge is 0.341 e. The van der Waals surface area contributed by atoms with Gasteiger partial charge in [-0.3, -0.25) is 9.69 Å². The topological polar surface area (TPSA) is 41.4 Å². The number of benzene rings is 1. The van der Waals surface area contributed by atoms with Crippen molar-refractivity contribution < 1.29 is 4.79 Å². The lowest BCUT2D eigenvalue weighted by Gasteiger charge is -2.23. The van der Waals surface area contributed by atoms with Crippen molar-refractivity contribution in [1.29, 1.82) is 0 Å². The summed E-state index contributed by atoms with van der Waals surface area (Å²) >= 11 is 0. The SMILES string of the molecule is CCCN(CCC)C(=O)Cn1c(CN2CCCCCC2)nc2ccccc21. The van der Waals surface area contributed by atoms with E-state index in [0.717, 1.165) is 62.4 Å². The molecular formula is C22H34N4O. The molecule has 0 radical (unpaired) electrons. The van der Waals surface area contributed by atoms with Crippen LogP contribution in [0.4, 0.5) is 0 Å². The molecule has 2 aromatic rings. The number of carbonyl (C=O) groups is 1. The van der Waals surface area contributed by atoms with E-state index >= 15 is 0 Å². The minimum absolute atomic E-state index is 0.207. The van der Waals surface area contributed by atoms with Crippen molar-refractivity contribution in [3.63, 3.8) is 0 Å². The van der Waals surface area contributed by atoms with Crippen molar-refractivity contribution in [1.82, 2.24) is 19.4 Å². The number of rotatable bonds is 8. The highest BCUT2D eigenvalue weighted by Gasteiger charge is 2.19. The summed E-state index contributed by atoms with van der Waals surface area (Å²) in [5, 5.41) is 0. The minimum atomic E-state index is 0.207. The van der Waals surface area contributed by atoms with Gasteiger partial charge in [-0.05, 0) is 50.9 Å². The van der Waals surface area contributed by atoms with Gasteiger partial charge >= 0.3 is 0 Å². The quantitative estimate of drug-likeness (QED) is 0.704. The molecule has 0 aliphatic carbocycles. The van der Waals surface area contributed by atoms with Crippen LogP contribution in [0.15, 0.2) is 24.3 Å². The summed E-state index contributed by atoms with van der Waals surface area (Å²) in [4.78, 5) is 22.4. The van der Waals surface area contributed by atoms with Crippen LogP contribution in [0.5, 0.6) is 0 Å². The Morgan fingerprint density at radius 2 is 1.70 bits per heavy atom. The molecule has 2 heterocycles. The van der Waals surface area contributed by atoms with E-state index in [1.54, 1.807) is 0 Å². The van der Waals surface area contributed by atoms with Gasteiger partial charge in [-0.2, -0.15) is 0 Å². The van der Waals surface area contributed by atoms with E-state index in [9.17, 15) is 4.79 Å². The summed E-state index contributed by atoms with van der Waals surface area (Å²) < 4.78 is 2.15. The van der Waals surface area contributed by atoms with Crippen LogP contribution >= 0.6 is 0 Å². The summed E-state index contributed by atoms with van der Waals surface area (Å²) in [7, 11) is 0. The first-order valence-corrected chi connectivity index (χ1v) is 10.7. The van der Waals surface area contributed by atoms with Gasteiger partial charge in [0.05, 0.1) is 17.6 Å². The first-order valence-electron chi connectivity index (χ1n) is 10.7. The second-order valence-electron chi connectivity index (χ2n) is 7.67. The fourth-order valence-electron chi connectivity index (χ4n) is 4.05. The number of carbonyl (C=O) groups excluding carboxylic acids is 1. The van der Waals surface area contributed by atoms with Gasteiger partial charge in [-0.25, -0.2) is 4.98 Å². The van der Waals surface area contributed by atoms with Crippen LogP contribution in [-0.4, -0.2) is 51.4 Å². The first-order chi connectivity index (χ1) is 13.2. The van der Waals surface area contributed by atoms with Gasteiger partial charge in [0.2, 0.25) is 5.91 Å². The zero-order chi connectivity index (χ0) is 19.1. The van der Waals surface area contributed by atoms with E-state index in [2.05, 4.69) is 35.4 Å². The number of likely N-dealkylation sites (tertiary alicyclic amines) is 1. The summed E-state index contributed by atoms with van der Waals surface area (Å²) in [6.07, 6.45) is 7.18. The molecule has 0 saturated carbocycles. The number of para-hydroxylation sites is 2. The third-order valence-corrected chi connectivity index (χ3v) is 5.43. The maximum absolute atomic E-state index is 13.0. The van der Waals surface area contributed by atoms with Gasteiger partial charge in [0.15, 0.2) is 0 Å². The highest BCUT2D eigenvalue weighted by atomic mass is 16.2. The normalized spacial score (nSPS) is 15.8. The Kier molecular flexibility index (Phi) is 7.27. The van der Waals surface area contributed by atoms with Crippen molar-refractivity contribution in [2.45, 2.75) is 65.5 Å². The molecule has 0 atom stereocenters. The molecule has 1 fully saturated rings. The Labute approximate surface area is 163 Å². The van der Waals surface area contributed by atoms with Crippen LogP contribution in [-0.2, 0) is 17.9 Å². The number of nitrogens with zero attached hydrogens (tertiary/aromatic N) is 4. The molecule has 0 N–H and O–H groups in total. The molecule has 0 unspecified atom stereocenters. The van der Waals surface area contributed by atoms with Gasteiger partial charge in [-0.1, -0.05) is 38.8 Å². The highest BCUT2D eigenvalue weighted by molar-refractivity contribution is 5.81. The van der Waals surface area contributed by atoms with Gasteiger partial charge in [0.1, 0.15) is 12.4 Å². The Hall–Kier alpha value is -1.88. The predicted octanol–water partition coefficient (Wildman–Crippen LogP) is 4.06. The van der Waals surface area contributed by atoms with E-state index in [4.69, 9.17) is 4.98 Å². The molecule has 0 spiro atoms. The number of imidazole rings is 1. The highest BCUT2D eigenvalue weighted by Crippen LogP contribution is 2.19. The molecular weight excluding hydrogens is 336 g/mol. The zero-order valence-corrected chi connectivity index (χ0v) is 17.0. The molecule has 1 aliphatic heterocycles. The van der Waals surface area contributed by atoms with Gasteiger partial charge in [0.25, 0.3) is 0 Å². The third kappa shape index (κ3) is 5.10. The van der Waals surface area contributed by atoms with E-state index in [0.29, 0.717) is 6.54 Å². The lowest BCUT2D eigenvalue weighted by atomic mass is 10.2. The number of amides is 1. The van der Waals surface area contributed by atoms with Crippen molar-refractivity contribution in [3.8, 4) is 0 Å². The van der Waals surface area contributed by atoms with Crippen molar-refractivity contribution in [2.24, 2.45) is 0 Å². The second kappa shape index (κ2) is 9.88. The van der Waals surface area contributed by atoms with E-state index < -0.39 is 0 Å². The summed E-state index contributed by atoms with van der Waals surface area (Å²) in [6.45, 7) is 9.43. The molecule has 1 saturated heterocycles. The third-order valence-electron chi connectivity index (χ3n) is 5.43. The summed E-state index contributed by atoms with van der Waals surface area (Å²) in [5.74, 6) is 1.23. The molecule has 0 bridgehead atoms. The van der Waals surface area contributed by atoms with E-state index in [1.807, 2.05) is 17.0 Å². The van der Waals surface area contributed by atoms with Crippen LogP contribution in [0.2, 0.25) is 0 Å².